The number of nitrogens with one attached hydrogen (secondary N) is 2. The summed E-state index contributed by atoms with van der Waals surface area (Å²) >= 11 is 0. The van der Waals surface area contributed by atoms with Gasteiger partial charge in [-0.1, -0.05) is 24.3 Å². The molecule has 146 valence electrons. The van der Waals surface area contributed by atoms with Gasteiger partial charge in [-0.2, -0.15) is 0 Å². The predicted molar refractivity (Wildman–Crippen MR) is 111 cm³/mol. The predicted octanol–water partition coefficient (Wildman–Crippen LogP) is 2.05. The molecule has 0 saturated carbocycles. The van der Waals surface area contributed by atoms with Crippen LogP contribution < -0.4 is 10.6 Å². The zero-order valence-corrected chi connectivity index (χ0v) is 16.4. The molecule has 1 unspecified atom stereocenters. The lowest BCUT2D eigenvalue weighted by atomic mass is 10.1. The number of pyridine rings is 1. The van der Waals surface area contributed by atoms with Crippen LogP contribution in [0.3, 0.4) is 0 Å². The molecule has 1 atom stereocenters. The van der Waals surface area contributed by atoms with Crippen molar-refractivity contribution in [3.63, 3.8) is 0 Å². The first-order valence-electron chi connectivity index (χ1n) is 9.94. The average Bonchev–Trinajstić information content (AvgIpc) is 2.72. The number of aliphatic imine (C=N–C) groups is 1. The minimum absolute atomic E-state index is 0.423. The van der Waals surface area contributed by atoms with Crippen LogP contribution in [0.2, 0.25) is 0 Å². The number of hydrogen-bond donors (Lipinski definition) is 2. The third-order valence-corrected chi connectivity index (χ3v) is 4.93. The third-order valence-electron chi connectivity index (χ3n) is 4.93. The molecule has 1 fully saturated rings. The van der Waals surface area contributed by atoms with E-state index in [0.29, 0.717) is 6.04 Å². The number of rotatable bonds is 7. The highest BCUT2D eigenvalue weighted by atomic mass is 16.5. The van der Waals surface area contributed by atoms with Crippen molar-refractivity contribution in [2.45, 2.75) is 26.3 Å². The number of benzene rings is 1. The maximum atomic E-state index is 5.43. The van der Waals surface area contributed by atoms with E-state index in [0.717, 1.165) is 63.8 Å². The largest absolute Gasteiger partial charge is 0.379 e. The fraction of sp³-hybridized carbons (Fsp3) is 0.524. The SMILES string of the molecule is CCNC(=NCC(C)N1CCOCC1)NCCc1cccc2cccnc12. The van der Waals surface area contributed by atoms with Gasteiger partial charge in [0, 0.05) is 43.8 Å². The Balaban J connectivity index is 1.54. The average molecular weight is 370 g/mol. The highest BCUT2D eigenvalue weighted by Gasteiger charge is 2.16. The van der Waals surface area contributed by atoms with E-state index in [1.807, 2.05) is 12.3 Å². The van der Waals surface area contributed by atoms with Gasteiger partial charge in [-0.05, 0) is 31.9 Å². The summed E-state index contributed by atoms with van der Waals surface area (Å²) in [6, 6.07) is 10.9. The summed E-state index contributed by atoms with van der Waals surface area (Å²) in [4.78, 5) is 11.8. The zero-order valence-electron chi connectivity index (χ0n) is 16.4. The number of para-hydroxylation sites is 1. The van der Waals surface area contributed by atoms with E-state index in [-0.39, 0.29) is 0 Å². The van der Waals surface area contributed by atoms with Gasteiger partial charge in [0.15, 0.2) is 5.96 Å². The van der Waals surface area contributed by atoms with Crippen molar-refractivity contribution in [3.8, 4) is 0 Å². The third kappa shape index (κ3) is 5.65. The quantitative estimate of drug-likeness (QED) is 0.578. The molecule has 27 heavy (non-hydrogen) atoms. The topological polar surface area (TPSA) is 61.8 Å². The van der Waals surface area contributed by atoms with Crippen LogP contribution in [-0.2, 0) is 11.2 Å². The molecule has 0 radical (unpaired) electrons. The highest BCUT2D eigenvalue weighted by molar-refractivity contribution is 5.82. The van der Waals surface area contributed by atoms with E-state index >= 15 is 0 Å². The van der Waals surface area contributed by atoms with Gasteiger partial charge in [0.25, 0.3) is 0 Å². The number of nitrogens with zero attached hydrogens (tertiary/aromatic N) is 3. The lowest BCUT2D eigenvalue weighted by molar-refractivity contribution is 0.0220. The van der Waals surface area contributed by atoms with Gasteiger partial charge in [-0.15, -0.1) is 0 Å². The summed E-state index contributed by atoms with van der Waals surface area (Å²) in [5.74, 6) is 0.880. The molecule has 1 saturated heterocycles. The van der Waals surface area contributed by atoms with Crippen molar-refractivity contribution in [1.82, 2.24) is 20.5 Å². The van der Waals surface area contributed by atoms with Crippen LogP contribution in [-0.4, -0.2) is 67.8 Å². The van der Waals surface area contributed by atoms with Crippen LogP contribution in [0.1, 0.15) is 19.4 Å². The lowest BCUT2D eigenvalue weighted by Gasteiger charge is -2.31. The van der Waals surface area contributed by atoms with Gasteiger partial charge in [0.05, 0.1) is 25.3 Å². The molecule has 1 aliphatic rings. The minimum Gasteiger partial charge on any atom is -0.379 e. The summed E-state index contributed by atoms with van der Waals surface area (Å²) in [5.41, 5.74) is 2.35. The van der Waals surface area contributed by atoms with Crippen LogP contribution in [0.15, 0.2) is 41.5 Å². The van der Waals surface area contributed by atoms with Gasteiger partial charge in [-0.25, -0.2) is 0 Å². The number of fused-ring (bicyclic) bond motifs is 1. The monoisotopic (exact) mass is 369 g/mol. The van der Waals surface area contributed by atoms with Gasteiger partial charge >= 0.3 is 0 Å². The molecule has 6 nitrogen and oxygen atoms in total. The molecule has 0 spiro atoms. The Hall–Kier alpha value is -2.18. The molecule has 0 amide bonds. The van der Waals surface area contributed by atoms with Crippen LogP contribution >= 0.6 is 0 Å². The van der Waals surface area contributed by atoms with E-state index in [1.165, 1.54) is 10.9 Å². The first kappa shape index (κ1) is 19.6. The van der Waals surface area contributed by atoms with E-state index in [1.54, 1.807) is 0 Å². The number of morpholine rings is 1. The highest BCUT2D eigenvalue weighted by Crippen LogP contribution is 2.15. The molecule has 3 rings (SSSR count). The number of guanidine groups is 1. The Labute approximate surface area is 162 Å². The Morgan fingerprint density at radius 2 is 2.04 bits per heavy atom. The molecule has 2 aromatic rings. The molecule has 1 aromatic heterocycles. The molecule has 6 heteroatoms. The van der Waals surface area contributed by atoms with Gasteiger partial charge in [-0.3, -0.25) is 14.9 Å². The fourth-order valence-electron chi connectivity index (χ4n) is 3.38. The normalized spacial score (nSPS) is 17.0. The van der Waals surface area contributed by atoms with E-state index in [4.69, 9.17) is 9.73 Å². The Bertz CT molecular complexity index is 737. The maximum Gasteiger partial charge on any atom is 0.191 e. The second-order valence-corrected chi connectivity index (χ2v) is 6.89. The zero-order chi connectivity index (χ0) is 18.9. The number of ether oxygens (including phenoxy) is 1. The van der Waals surface area contributed by atoms with Gasteiger partial charge in [0.1, 0.15) is 0 Å². The molecule has 1 aliphatic heterocycles. The van der Waals surface area contributed by atoms with Crippen molar-refractivity contribution in [2.75, 3.05) is 45.9 Å². The molecule has 1 aromatic carbocycles. The van der Waals surface area contributed by atoms with Crippen LogP contribution in [0, 0.1) is 0 Å². The summed E-state index contributed by atoms with van der Waals surface area (Å²) in [6.07, 6.45) is 2.77. The maximum absolute atomic E-state index is 5.43. The summed E-state index contributed by atoms with van der Waals surface area (Å²) < 4.78 is 5.43. The Morgan fingerprint density at radius 1 is 1.22 bits per heavy atom. The number of aromatic nitrogens is 1. The summed E-state index contributed by atoms with van der Waals surface area (Å²) in [7, 11) is 0. The minimum atomic E-state index is 0.423. The molecule has 2 N–H and O–H groups in total. The molecule has 0 aliphatic carbocycles. The van der Waals surface area contributed by atoms with Crippen LogP contribution in [0.25, 0.3) is 10.9 Å². The number of hydrogen-bond acceptors (Lipinski definition) is 4. The first-order valence-corrected chi connectivity index (χ1v) is 9.94. The second-order valence-electron chi connectivity index (χ2n) is 6.89. The standard InChI is InChI=1S/C21H31N5O/c1-3-22-21(25-16-17(2)26-12-14-27-15-13-26)24-11-9-19-7-4-6-18-8-5-10-23-20(18)19/h4-8,10,17H,3,9,11-16H2,1-2H3,(H2,22,24,25). The summed E-state index contributed by atoms with van der Waals surface area (Å²) in [6.45, 7) is 10.4. The van der Waals surface area contributed by atoms with Gasteiger partial charge < -0.3 is 15.4 Å². The Morgan fingerprint density at radius 3 is 2.85 bits per heavy atom. The molecular weight excluding hydrogens is 338 g/mol. The molecule has 0 bridgehead atoms. The first-order chi connectivity index (χ1) is 13.3. The summed E-state index contributed by atoms with van der Waals surface area (Å²) in [5, 5.41) is 7.99. The smallest absolute Gasteiger partial charge is 0.191 e. The van der Waals surface area contributed by atoms with Crippen molar-refractivity contribution < 1.29 is 4.74 Å². The molecule has 2 heterocycles. The van der Waals surface area contributed by atoms with E-state index in [2.05, 4.69) is 58.6 Å². The van der Waals surface area contributed by atoms with E-state index in [9.17, 15) is 0 Å². The Kier molecular flexibility index (Phi) is 7.42. The van der Waals surface area contributed by atoms with Crippen molar-refractivity contribution in [2.24, 2.45) is 4.99 Å². The second kappa shape index (κ2) is 10.2. The molecular formula is C21H31N5O. The van der Waals surface area contributed by atoms with Gasteiger partial charge in [0.2, 0.25) is 0 Å². The van der Waals surface area contributed by atoms with E-state index < -0.39 is 0 Å². The van der Waals surface area contributed by atoms with Crippen molar-refractivity contribution >= 4 is 16.9 Å². The van der Waals surface area contributed by atoms with Crippen molar-refractivity contribution in [1.29, 1.82) is 0 Å². The lowest BCUT2D eigenvalue weighted by Crippen LogP contribution is -2.44. The fourth-order valence-corrected chi connectivity index (χ4v) is 3.38. The van der Waals surface area contributed by atoms with Crippen LogP contribution in [0.4, 0.5) is 0 Å². The van der Waals surface area contributed by atoms with Crippen molar-refractivity contribution in [3.05, 3.63) is 42.1 Å². The van der Waals surface area contributed by atoms with Crippen LogP contribution in [0.5, 0.6) is 0 Å².